The zero-order chi connectivity index (χ0) is 7.61. The normalized spacial score (nSPS) is 25.5. The van der Waals surface area contributed by atoms with E-state index in [0.29, 0.717) is 13.2 Å². The maximum absolute atomic E-state index is 12.4. The first kappa shape index (κ1) is 7.88. The van der Waals surface area contributed by atoms with Crippen molar-refractivity contribution >= 4 is 0 Å². The van der Waals surface area contributed by atoms with E-state index < -0.39 is 5.92 Å². The van der Waals surface area contributed by atoms with Crippen molar-refractivity contribution in [2.45, 2.75) is 12.3 Å². The number of nitrogens with zero attached hydrogens (tertiary/aromatic N) is 1. The summed E-state index contributed by atoms with van der Waals surface area (Å²) in [5.74, 6) is -2.45. The monoisotopic (exact) mass is 150 g/mol. The standard InChI is InChI=1S/C6H12F2N2/c1-9-5-10-3-2-6(7,8)4-10/h9H,2-5H2,1H3. The van der Waals surface area contributed by atoms with Gasteiger partial charge in [-0.1, -0.05) is 0 Å². The molecule has 0 aromatic carbocycles. The summed E-state index contributed by atoms with van der Waals surface area (Å²) >= 11 is 0. The third kappa shape index (κ3) is 1.88. The van der Waals surface area contributed by atoms with Crippen molar-refractivity contribution in [3.63, 3.8) is 0 Å². The van der Waals surface area contributed by atoms with Gasteiger partial charge in [-0.05, 0) is 7.05 Å². The van der Waals surface area contributed by atoms with Crippen LogP contribution < -0.4 is 5.32 Å². The van der Waals surface area contributed by atoms with Crippen molar-refractivity contribution in [2.24, 2.45) is 0 Å². The van der Waals surface area contributed by atoms with Gasteiger partial charge in [-0.25, -0.2) is 8.78 Å². The van der Waals surface area contributed by atoms with Crippen LogP contribution in [0.15, 0.2) is 0 Å². The highest BCUT2D eigenvalue weighted by atomic mass is 19.3. The summed E-state index contributed by atoms with van der Waals surface area (Å²) in [6, 6.07) is 0. The number of alkyl halides is 2. The third-order valence-corrected chi connectivity index (χ3v) is 1.63. The van der Waals surface area contributed by atoms with Gasteiger partial charge in [0.15, 0.2) is 0 Å². The Bertz CT molecular complexity index is 116. The second-order valence-electron chi connectivity index (χ2n) is 2.67. The Morgan fingerprint density at radius 1 is 1.60 bits per heavy atom. The zero-order valence-corrected chi connectivity index (χ0v) is 6.03. The molecule has 1 aliphatic heterocycles. The molecule has 0 radical (unpaired) electrons. The molecule has 0 amide bonds. The average Bonchev–Trinajstić information content (AvgIpc) is 2.12. The third-order valence-electron chi connectivity index (χ3n) is 1.63. The van der Waals surface area contributed by atoms with E-state index in [1.54, 1.807) is 11.9 Å². The first-order valence-corrected chi connectivity index (χ1v) is 3.39. The van der Waals surface area contributed by atoms with Crippen LogP contribution in [-0.2, 0) is 0 Å². The van der Waals surface area contributed by atoms with Crippen LogP contribution in [0.25, 0.3) is 0 Å². The molecule has 1 heterocycles. The molecule has 1 N–H and O–H groups in total. The molecule has 0 atom stereocenters. The number of halogens is 2. The quantitative estimate of drug-likeness (QED) is 0.616. The summed E-state index contributed by atoms with van der Waals surface area (Å²) < 4.78 is 24.9. The molecule has 0 saturated carbocycles. The summed E-state index contributed by atoms with van der Waals surface area (Å²) in [6.07, 6.45) is 0.00861. The van der Waals surface area contributed by atoms with E-state index in [0.717, 1.165) is 0 Å². The van der Waals surface area contributed by atoms with Crippen LogP contribution in [0.1, 0.15) is 6.42 Å². The van der Waals surface area contributed by atoms with Gasteiger partial charge < -0.3 is 5.32 Å². The van der Waals surface area contributed by atoms with E-state index in [-0.39, 0.29) is 13.0 Å². The number of rotatable bonds is 2. The second kappa shape index (κ2) is 2.80. The first-order valence-electron chi connectivity index (χ1n) is 3.39. The van der Waals surface area contributed by atoms with Gasteiger partial charge in [0, 0.05) is 19.6 Å². The number of likely N-dealkylation sites (tertiary alicyclic amines) is 1. The smallest absolute Gasteiger partial charge is 0.261 e. The maximum atomic E-state index is 12.4. The molecule has 0 unspecified atom stereocenters. The minimum Gasteiger partial charge on any atom is -0.307 e. The minimum atomic E-state index is -2.45. The molecule has 0 bridgehead atoms. The van der Waals surface area contributed by atoms with Crippen molar-refractivity contribution in [3.05, 3.63) is 0 Å². The highest BCUT2D eigenvalue weighted by Crippen LogP contribution is 2.25. The Hall–Kier alpha value is -0.220. The SMILES string of the molecule is CNCN1CCC(F)(F)C1. The highest BCUT2D eigenvalue weighted by Gasteiger charge is 2.37. The van der Waals surface area contributed by atoms with Gasteiger partial charge in [0.25, 0.3) is 5.92 Å². The summed E-state index contributed by atoms with van der Waals surface area (Å²) in [5.41, 5.74) is 0. The lowest BCUT2D eigenvalue weighted by Gasteiger charge is -2.13. The molecule has 0 aromatic rings. The van der Waals surface area contributed by atoms with Crippen molar-refractivity contribution < 1.29 is 8.78 Å². The molecule has 1 saturated heterocycles. The summed E-state index contributed by atoms with van der Waals surface area (Å²) in [6.45, 7) is 0.983. The molecule has 1 fully saturated rings. The van der Waals surface area contributed by atoms with Gasteiger partial charge in [0.2, 0.25) is 0 Å². The van der Waals surface area contributed by atoms with Crippen molar-refractivity contribution in [2.75, 3.05) is 26.8 Å². The van der Waals surface area contributed by atoms with Crippen LogP contribution in [0, 0.1) is 0 Å². The van der Waals surface area contributed by atoms with E-state index in [1.807, 2.05) is 0 Å². The molecule has 1 rings (SSSR count). The molecule has 0 aromatic heterocycles. The Morgan fingerprint density at radius 3 is 2.70 bits per heavy atom. The van der Waals surface area contributed by atoms with Crippen LogP contribution in [0.2, 0.25) is 0 Å². The Labute approximate surface area is 59.2 Å². The fourth-order valence-corrected chi connectivity index (χ4v) is 1.17. The van der Waals surface area contributed by atoms with Crippen LogP contribution in [-0.4, -0.2) is 37.6 Å². The lowest BCUT2D eigenvalue weighted by atomic mass is 10.3. The number of hydrogen-bond acceptors (Lipinski definition) is 2. The van der Waals surface area contributed by atoms with Crippen molar-refractivity contribution in [1.82, 2.24) is 10.2 Å². The van der Waals surface area contributed by atoms with Gasteiger partial charge in [0.05, 0.1) is 6.54 Å². The van der Waals surface area contributed by atoms with Crippen LogP contribution in [0.5, 0.6) is 0 Å². The molecule has 1 aliphatic rings. The molecule has 4 heteroatoms. The Kier molecular flexibility index (Phi) is 2.21. The molecular formula is C6H12F2N2. The van der Waals surface area contributed by atoms with E-state index in [9.17, 15) is 8.78 Å². The van der Waals surface area contributed by atoms with Gasteiger partial charge in [-0.3, -0.25) is 4.90 Å². The van der Waals surface area contributed by atoms with Crippen molar-refractivity contribution in [1.29, 1.82) is 0 Å². The van der Waals surface area contributed by atoms with Crippen molar-refractivity contribution in [3.8, 4) is 0 Å². The van der Waals surface area contributed by atoms with Crippen LogP contribution in [0.3, 0.4) is 0 Å². The van der Waals surface area contributed by atoms with Crippen LogP contribution >= 0.6 is 0 Å². The van der Waals surface area contributed by atoms with Gasteiger partial charge in [-0.15, -0.1) is 0 Å². The Balaban J connectivity index is 2.29. The second-order valence-corrected chi connectivity index (χ2v) is 2.67. The van der Waals surface area contributed by atoms with Gasteiger partial charge in [0.1, 0.15) is 0 Å². The fraction of sp³-hybridized carbons (Fsp3) is 1.00. The van der Waals surface area contributed by atoms with Gasteiger partial charge in [-0.2, -0.15) is 0 Å². The molecule has 60 valence electrons. The average molecular weight is 150 g/mol. The molecule has 10 heavy (non-hydrogen) atoms. The van der Waals surface area contributed by atoms with E-state index in [1.165, 1.54) is 0 Å². The van der Waals surface area contributed by atoms with E-state index >= 15 is 0 Å². The lowest BCUT2D eigenvalue weighted by Crippen LogP contribution is -2.32. The first-order chi connectivity index (χ1) is 4.64. The molecule has 0 aliphatic carbocycles. The highest BCUT2D eigenvalue weighted by molar-refractivity contribution is 4.80. The van der Waals surface area contributed by atoms with Gasteiger partial charge >= 0.3 is 0 Å². The largest absolute Gasteiger partial charge is 0.307 e. The number of nitrogens with one attached hydrogen (secondary N) is 1. The summed E-state index contributed by atoms with van der Waals surface area (Å²) in [5, 5.41) is 2.84. The van der Waals surface area contributed by atoms with E-state index in [2.05, 4.69) is 5.32 Å². The fourth-order valence-electron chi connectivity index (χ4n) is 1.17. The summed E-state index contributed by atoms with van der Waals surface area (Å²) in [7, 11) is 1.76. The molecule has 2 nitrogen and oxygen atoms in total. The zero-order valence-electron chi connectivity index (χ0n) is 6.03. The topological polar surface area (TPSA) is 15.3 Å². The number of hydrogen-bond donors (Lipinski definition) is 1. The van der Waals surface area contributed by atoms with Crippen LogP contribution in [0.4, 0.5) is 8.78 Å². The van der Waals surface area contributed by atoms with E-state index in [4.69, 9.17) is 0 Å². The predicted octanol–water partition coefficient (Wildman–Crippen LogP) is 0.504. The lowest BCUT2D eigenvalue weighted by molar-refractivity contribution is 0.0117. The molecule has 0 spiro atoms. The predicted molar refractivity (Wildman–Crippen MR) is 35.1 cm³/mol. The summed E-state index contributed by atoms with van der Waals surface area (Å²) in [4.78, 5) is 1.71. The minimum absolute atomic E-state index is 0.00861. The maximum Gasteiger partial charge on any atom is 0.261 e. The Morgan fingerprint density at radius 2 is 2.30 bits per heavy atom. The molecular weight excluding hydrogens is 138 g/mol.